The third-order valence-corrected chi connectivity index (χ3v) is 3.00. The van der Waals surface area contributed by atoms with E-state index in [9.17, 15) is 4.79 Å². The van der Waals surface area contributed by atoms with Gasteiger partial charge in [0.15, 0.2) is 0 Å². The number of carbonyl (C=O) groups is 1. The van der Waals surface area contributed by atoms with Crippen LogP contribution in [0.5, 0.6) is 0 Å². The van der Waals surface area contributed by atoms with Crippen LogP contribution in [0.3, 0.4) is 0 Å². The minimum absolute atomic E-state index is 0.0751. The van der Waals surface area contributed by atoms with Gasteiger partial charge in [-0.05, 0) is 25.3 Å². The van der Waals surface area contributed by atoms with Gasteiger partial charge in [0.2, 0.25) is 5.91 Å². The molecule has 0 unspecified atom stereocenters. The van der Waals surface area contributed by atoms with E-state index >= 15 is 0 Å². The Labute approximate surface area is 102 Å². The first-order valence-corrected chi connectivity index (χ1v) is 6.18. The van der Waals surface area contributed by atoms with Crippen molar-refractivity contribution in [3.63, 3.8) is 0 Å². The zero-order valence-electron chi connectivity index (χ0n) is 10.2. The number of ether oxygens (including phenoxy) is 1. The summed E-state index contributed by atoms with van der Waals surface area (Å²) in [6.07, 6.45) is 2.84. The van der Waals surface area contributed by atoms with Crippen molar-refractivity contribution in [3.05, 3.63) is 35.4 Å². The van der Waals surface area contributed by atoms with Crippen LogP contribution in [-0.4, -0.2) is 25.2 Å². The minimum atomic E-state index is 0.0751. The van der Waals surface area contributed by atoms with Crippen molar-refractivity contribution in [3.8, 4) is 0 Å². The molecule has 1 aliphatic rings. The highest BCUT2D eigenvalue weighted by Gasteiger charge is 2.16. The first kappa shape index (κ1) is 12.1. The van der Waals surface area contributed by atoms with Crippen molar-refractivity contribution >= 4 is 5.91 Å². The molecule has 0 radical (unpaired) electrons. The van der Waals surface area contributed by atoms with Gasteiger partial charge in [-0.1, -0.05) is 29.8 Å². The fourth-order valence-electron chi connectivity index (χ4n) is 2.10. The largest absolute Gasteiger partial charge is 0.376 e. The lowest BCUT2D eigenvalue weighted by atomic mass is 10.1. The first-order valence-electron chi connectivity index (χ1n) is 6.18. The number of amides is 1. The Morgan fingerprint density at radius 3 is 3.12 bits per heavy atom. The molecule has 1 saturated heterocycles. The van der Waals surface area contributed by atoms with Gasteiger partial charge >= 0.3 is 0 Å². The van der Waals surface area contributed by atoms with Crippen molar-refractivity contribution in [2.24, 2.45) is 0 Å². The lowest BCUT2D eigenvalue weighted by molar-refractivity contribution is -0.120. The summed E-state index contributed by atoms with van der Waals surface area (Å²) in [5.41, 5.74) is 2.25. The third kappa shape index (κ3) is 3.86. The average molecular weight is 233 g/mol. The van der Waals surface area contributed by atoms with E-state index < -0.39 is 0 Å². The zero-order valence-corrected chi connectivity index (χ0v) is 10.2. The van der Waals surface area contributed by atoms with Gasteiger partial charge in [0.05, 0.1) is 12.5 Å². The Hall–Kier alpha value is -1.35. The number of hydrogen-bond acceptors (Lipinski definition) is 2. The lowest BCUT2D eigenvalue weighted by Crippen LogP contribution is -2.32. The second kappa shape index (κ2) is 5.82. The number of carbonyl (C=O) groups excluding carboxylic acids is 1. The first-order chi connectivity index (χ1) is 8.24. The fraction of sp³-hybridized carbons (Fsp3) is 0.500. The summed E-state index contributed by atoms with van der Waals surface area (Å²) in [5, 5.41) is 2.93. The standard InChI is InChI=1S/C14H19NO2/c1-11-4-2-5-12(8-11)9-14(16)15-10-13-6-3-7-17-13/h2,4-5,8,13H,3,6-7,9-10H2,1H3,(H,15,16)/t13-/m0/s1. The van der Waals surface area contributed by atoms with Crippen molar-refractivity contribution in [2.75, 3.05) is 13.2 Å². The van der Waals surface area contributed by atoms with Gasteiger partial charge in [0.25, 0.3) is 0 Å². The molecule has 92 valence electrons. The summed E-state index contributed by atoms with van der Waals surface area (Å²) >= 11 is 0. The molecule has 2 rings (SSSR count). The molecule has 0 saturated carbocycles. The quantitative estimate of drug-likeness (QED) is 0.861. The normalized spacial score (nSPS) is 19.2. The van der Waals surface area contributed by atoms with E-state index in [2.05, 4.69) is 5.32 Å². The second-order valence-corrected chi connectivity index (χ2v) is 4.60. The summed E-state index contributed by atoms with van der Waals surface area (Å²) in [4.78, 5) is 11.7. The molecule has 1 aromatic carbocycles. The van der Waals surface area contributed by atoms with Gasteiger partial charge < -0.3 is 10.1 Å². The van der Waals surface area contributed by atoms with Crippen molar-refractivity contribution < 1.29 is 9.53 Å². The lowest BCUT2D eigenvalue weighted by Gasteiger charge is -2.10. The Bertz CT molecular complexity index is 384. The highest BCUT2D eigenvalue weighted by molar-refractivity contribution is 5.78. The average Bonchev–Trinajstić information content (AvgIpc) is 2.79. The minimum Gasteiger partial charge on any atom is -0.376 e. The Morgan fingerprint density at radius 2 is 2.41 bits per heavy atom. The van der Waals surface area contributed by atoms with E-state index in [1.54, 1.807) is 0 Å². The summed E-state index contributed by atoms with van der Waals surface area (Å²) in [6.45, 7) is 3.51. The highest BCUT2D eigenvalue weighted by Crippen LogP contribution is 2.10. The molecule has 0 aliphatic carbocycles. The zero-order chi connectivity index (χ0) is 12.1. The number of hydrogen-bond donors (Lipinski definition) is 1. The summed E-state index contributed by atoms with van der Waals surface area (Å²) in [5.74, 6) is 0.0751. The molecule has 1 N–H and O–H groups in total. The molecule has 1 atom stereocenters. The predicted molar refractivity (Wildman–Crippen MR) is 66.9 cm³/mol. The van der Waals surface area contributed by atoms with Crippen LogP contribution in [0.4, 0.5) is 0 Å². The van der Waals surface area contributed by atoms with Crippen LogP contribution in [0.2, 0.25) is 0 Å². The molecule has 1 amide bonds. The number of rotatable bonds is 4. The molecular weight excluding hydrogens is 214 g/mol. The van der Waals surface area contributed by atoms with E-state index in [1.807, 2.05) is 31.2 Å². The SMILES string of the molecule is Cc1cccc(CC(=O)NC[C@@H]2CCCO2)c1. The van der Waals surface area contributed by atoms with E-state index in [0.717, 1.165) is 25.0 Å². The third-order valence-electron chi connectivity index (χ3n) is 3.00. The monoisotopic (exact) mass is 233 g/mol. The van der Waals surface area contributed by atoms with E-state index in [0.29, 0.717) is 13.0 Å². The molecular formula is C14H19NO2. The van der Waals surface area contributed by atoms with Crippen LogP contribution >= 0.6 is 0 Å². The van der Waals surface area contributed by atoms with Crippen LogP contribution in [0.25, 0.3) is 0 Å². The highest BCUT2D eigenvalue weighted by atomic mass is 16.5. The summed E-state index contributed by atoms with van der Waals surface area (Å²) in [6, 6.07) is 8.05. The molecule has 17 heavy (non-hydrogen) atoms. The number of nitrogens with one attached hydrogen (secondary N) is 1. The molecule has 1 heterocycles. The molecule has 0 aromatic heterocycles. The van der Waals surface area contributed by atoms with E-state index in [1.165, 1.54) is 5.56 Å². The maximum atomic E-state index is 11.7. The van der Waals surface area contributed by atoms with Crippen molar-refractivity contribution in [2.45, 2.75) is 32.3 Å². The predicted octanol–water partition coefficient (Wildman–Crippen LogP) is 1.83. The van der Waals surface area contributed by atoms with Gasteiger partial charge in [-0.25, -0.2) is 0 Å². The molecule has 1 aromatic rings. The van der Waals surface area contributed by atoms with Gasteiger partial charge in [0, 0.05) is 13.2 Å². The molecule has 0 bridgehead atoms. The second-order valence-electron chi connectivity index (χ2n) is 4.60. The number of aryl methyl sites for hydroxylation is 1. The maximum Gasteiger partial charge on any atom is 0.224 e. The van der Waals surface area contributed by atoms with Crippen molar-refractivity contribution in [1.82, 2.24) is 5.32 Å². The smallest absolute Gasteiger partial charge is 0.224 e. The van der Waals surface area contributed by atoms with Gasteiger partial charge in [-0.3, -0.25) is 4.79 Å². The van der Waals surface area contributed by atoms with Crippen molar-refractivity contribution in [1.29, 1.82) is 0 Å². The molecule has 3 nitrogen and oxygen atoms in total. The van der Waals surface area contributed by atoms with Crippen LogP contribution < -0.4 is 5.32 Å². The topological polar surface area (TPSA) is 38.3 Å². The van der Waals surface area contributed by atoms with Crippen LogP contribution in [-0.2, 0) is 16.0 Å². The van der Waals surface area contributed by atoms with Crippen LogP contribution in [0.15, 0.2) is 24.3 Å². The van der Waals surface area contributed by atoms with Crippen LogP contribution in [0, 0.1) is 6.92 Å². The summed E-state index contributed by atoms with van der Waals surface area (Å²) < 4.78 is 5.46. The molecule has 1 fully saturated rings. The maximum absolute atomic E-state index is 11.7. The van der Waals surface area contributed by atoms with Crippen LogP contribution in [0.1, 0.15) is 24.0 Å². The van der Waals surface area contributed by atoms with Gasteiger partial charge in [-0.15, -0.1) is 0 Å². The Morgan fingerprint density at radius 1 is 1.53 bits per heavy atom. The van der Waals surface area contributed by atoms with Gasteiger partial charge in [-0.2, -0.15) is 0 Å². The fourth-order valence-corrected chi connectivity index (χ4v) is 2.10. The molecule has 0 spiro atoms. The molecule has 3 heteroatoms. The van der Waals surface area contributed by atoms with E-state index in [-0.39, 0.29) is 12.0 Å². The number of benzene rings is 1. The Balaban J connectivity index is 1.76. The summed E-state index contributed by atoms with van der Waals surface area (Å²) in [7, 11) is 0. The Kier molecular flexibility index (Phi) is 4.15. The van der Waals surface area contributed by atoms with E-state index in [4.69, 9.17) is 4.74 Å². The molecule has 1 aliphatic heterocycles. The van der Waals surface area contributed by atoms with Gasteiger partial charge in [0.1, 0.15) is 0 Å².